The number of ether oxygens (including phenoxy) is 1. The average Bonchev–Trinajstić information content (AvgIpc) is 2.46. The summed E-state index contributed by atoms with van der Waals surface area (Å²) in [4.78, 5) is 27.3. The molecule has 1 aromatic carbocycles. The van der Waals surface area contributed by atoms with Gasteiger partial charge in [-0.25, -0.2) is 4.79 Å². The lowest BCUT2D eigenvalue weighted by Crippen LogP contribution is -2.11. The molecule has 1 N–H and O–H groups in total. The van der Waals surface area contributed by atoms with Gasteiger partial charge in [-0.1, -0.05) is 15.9 Å². The number of hydrogen-bond acceptors (Lipinski definition) is 4. The fourth-order valence-corrected chi connectivity index (χ4v) is 2.10. The third kappa shape index (κ3) is 2.70. The predicted molar refractivity (Wildman–Crippen MR) is 75.3 cm³/mol. The monoisotopic (exact) mass is 335 g/mol. The van der Waals surface area contributed by atoms with Crippen molar-refractivity contribution in [3.63, 3.8) is 0 Å². The molecule has 5 nitrogen and oxygen atoms in total. The number of halogens is 1. The Bertz CT molecular complexity index is 685. The van der Waals surface area contributed by atoms with E-state index in [1.165, 1.54) is 19.4 Å². The number of carboxylic acid groups (broad SMARTS) is 1. The zero-order valence-corrected chi connectivity index (χ0v) is 12.0. The Labute approximate surface area is 123 Å². The second-order valence-electron chi connectivity index (χ2n) is 3.90. The van der Waals surface area contributed by atoms with Gasteiger partial charge in [0.25, 0.3) is 0 Å². The molecule has 0 saturated carbocycles. The molecule has 6 heteroatoms. The molecule has 1 heterocycles. The molecule has 102 valence electrons. The largest absolute Gasteiger partial charge is 0.496 e. The number of ketones is 1. The van der Waals surface area contributed by atoms with Gasteiger partial charge in [0, 0.05) is 22.4 Å². The standard InChI is InChI=1S/C14H10BrNO4/c1-20-12-6-8(15)2-3-10(12)13(17)9-4-5-16-7-11(9)14(18)19/h2-7H,1H3,(H,18,19). The number of carbonyl (C=O) groups excluding carboxylic acids is 1. The summed E-state index contributed by atoms with van der Waals surface area (Å²) in [7, 11) is 1.45. The number of carboxylic acids is 1. The van der Waals surface area contributed by atoms with Crippen molar-refractivity contribution < 1.29 is 19.4 Å². The van der Waals surface area contributed by atoms with E-state index in [2.05, 4.69) is 20.9 Å². The molecule has 0 atom stereocenters. The third-order valence-corrected chi connectivity index (χ3v) is 3.20. The molecule has 0 radical (unpaired) electrons. The van der Waals surface area contributed by atoms with Gasteiger partial charge in [0.05, 0.1) is 18.2 Å². The third-order valence-electron chi connectivity index (χ3n) is 2.70. The lowest BCUT2D eigenvalue weighted by molar-refractivity contribution is 0.0692. The van der Waals surface area contributed by atoms with Gasteiger partial charge < -0.3 is 9.84 Å². The molecule has 0 fully saturated rings. The zero-order valence-electron chi connectivity index (χ0n) is 10.5. The number of benzene rings is 1. The van der Waals surface area contributed by atoms with Crippen LogP contribution < -0.4 is 4.74 Å². The van der Waals surface area contributed by atoms with Crippen LogP contribution in [-0.4, -0.2) is 29.0 Å². The molecule has 0 saturated heterocycles. The van der Waals surface area contributed by atoms with E-state index in [-0.39, 0.29) is 11.1 Å². The van der Waals surface area contributed by atoms with Gasteiger partial charge in [0.15, 0.2) is 5.78 Å². The topological polar surface area (TPSA) is 76.5 Å². The second-order valence-corrected chi connectivity index (χ2v) is 4.82. The molecule has 20 heavy (non-hydrogen) atoms. The van der Waals surface area contributed by atoms with Gasteiger partial charge in [-0.3, -0.25) is 9.78 Å². The molecule has 2 aromatic rings. The fourth-order valence-electron chi connectivity index (χ4n) is 1.76. The number of aromatic nitrogens is 1. The number of methoxy groups -OCH3 is 1. The first kappa shape index (κ1) is 14.2. The Morgan fingerprint density at radius 1 is 1.20 bits per heavy atom. The molecule has 1 aromatic heterocycles. The molecule has 0 aliphatic carbocycles. The van der Waals surface area contributed by atoms with Gasteiger partial charge in [-0.05, 0) is 24.3 Å². The Hall–Kier alpha value is -2.21. The highest BCUT2D eigenvalue weighted by Gasteiger charge is 2.20. The number of carbonyl (C=O) groups is 2. The number of aromatic carboxylic acids is 1. The molecule has 0 bridgehead atoms. The maximum atomic E-state index is 12.5. The van der Waals surface area contributed by atoms with E-state index in [0.717, 1.165) is 10.7 Å². The summed E-state index contributed by atoms with van der Waals surface area (Å²) in [5.41, 5.74) is 0.236. The van der Waals surface area contributed by atoms with Crippen LogP contribution in [0.3, 0.4) is 0 Å². The molecule has 0 spiro atoms. The first-order valence-corrected chi connectivity index (χ1v) is 6.39. The van der Waals surface area contributed by atoms with E-state index in [1.807, 2.05) is 0 Å². The van der Waals surface area contributed by atoms with E-state index in [4.69, 9.17) is 9.84 Å². The highest BCUT2D eigenvalue weighted by atomic mass is 79.9. The highest BCUT2D eigenvalue weighted by Crippen LogP contribution is 2.26. The Morgan fingerprint density at radius 2 is 1.95 bits per heavy atom. The van der Waals surface area contributed by atoms with Crippen LogP contribution in [0.25, 0.3) is 0 Å². The quantitative estimate of drug-likeness (QED) is 0.869. The summed E-state index contributed by atoms with van der Waals surface area (Å²) in [5.74, 6) is -1.25. The van der Waals surface area contributed by atoms with Crippen LogP contribution in [0.5, 0.6) is 5.75 Å². The molecule has 2 rings (SSSR count). The minimum atomic E-state index is -1.20. The Balaban J connectivity index is 2.55. The fraction of sp³-hybridized carbons (Fsp3) is 0.0714. The summed E-state index contributed by atoms with van der Waals surface area (Å²) in [6.45, 7) is 0. The van der Waals surface area contributed by atoms with Gasteiger partial charge >= 0.3 is 5.97 Å². The number of pyridine rings is 1. The lowest BCUT2D eigenvalue weighted by Gasteiger charge is -2.09. The van der Waals surface area contributed by atoms with Gasteiger partial charge in [0.1, 0.15) is 5.75 Å². The van der Waals surface area contributed by atoms with Crippen LogP contribution >= 0.6 is 15.9 Å². The average molecular weight is 336 g/mol. The van der Waals surface area contributed by atoms with Crippen molar-refractivity contribution in [2.24, 2.45) is 0 Å². The first-order chi connectivity index (χ1) is 9.54. The van der Waals surface area contributed by atoms with E-state index >= 15 is 0 Å². The summed E-state index contributed by atoms with van der Waals surface area (Å²) < 4.78 is 5.92. The van der Waals surface area contributed by atoms with Crippen LogP contribution in [0.2, 0.25) is 0 Å². The van der Waals surface area contributed by atoms with Gasteiger partial charge in [-0.2, -0.15) is 0 Å². The van der Waals surface area contributed by atoms with E-state index in [9.17, 15) is 9.59 Å². The zero-order chi connectivity index (χ0) is 14.7. The van der Waals surface area contributed by atoms with Crippen LogP contribution in [0.1, 0.15) is 26.3 Å². The summed E-state index contributed by atoms with van der Waals surface area (Å²) >= 11 is 3.28. The van der Waals surface area contributed by atoms with Crippen molar-refractivity contribution in [3.05, 3.63) is 57.8 Å². The highest BCUT2D eigenvalue weighted by molar-refractivity contribution is 9.10. The predicted octanol–water partition coefficient (Wildman–Crippen LogP) is 2.78. The van der Waals surface area contributed by atoms with Crippen molar-refractivity contribution in [2.75, 3.05) is 7.11 Å². The molecule has 0 amide bonds. The normalized spacial score (nSPS) is 10.1. The van der Waals surface area contributed by atoms with Crippen molar-refractivity contribution in [1.82, 2.24) is 4.98 Å². The molecule has 0 aliphatic rings. The van der Waals surface area contributed by atoms with Crippen molar-refractivity contribution in [3.8, 4) is 5.75 Å². The van der Waals surface area contributed by atoms with Crippen LogP contribution in [0.4, 0.5) is 0 Å². The molecular weight excluding hydrogens is 326 g/mol. The van der Waals surface area contributed by atoms with E-state index in [1.54, 1.807) is 18.2 Å². The van der Waals surface area contributed by atoms with Crippen molar-refractivity contribution >= 4 is 27.7 Å². The van der Waals surface area contributed by atoms with Crippen LogP contribution in [0, 0.1) is 0 Å². The van der Waals surface area contributed by atoms with Crippen LogP contribution in [0.15, 0.2) is 41.1 Å². The number of rotatable bonds is 4. The van der Waals surface area contributed by atoms with Crippen LogP contribution in [-0.2, 0) is 0 Å². The Morgan fingerprint density at radius 3 is 2.60 bits per heavy atom. The second kappa shape index (κ2) is 5.83. The minimum Gasteiger partial charge on any atom is -0.496 e. The maximum Gasteiger partial charge on any atom is 0.338 e. The number of nitrogens with zero attached hydrogens (tertiary/aromatic N) is 1. The first-order valence-electron chi connectivity index (χ1n) is 5.60. The van der Waals surface area contributed by atoms with Gasteiger partial charge in [-0.15, -0.1) is 0 Å². The smallest absolute Gasteiger partial charge is 0.338 e. The summed E-state index contributed by atoms with van der Waals surface area (Å²) in [6, 6.07) is 6.30. The minimum absolute atomic E-state index is 0.0770. The van der Waals surface area contributed by atoms with E-state index < -0.39 is 11.8 Å². The SMILES string of the molecule is COc1cc(Br)ccc1C(=O)c1ccncc1C(=O)O. The number of hydrogen-bond donors (Lipinski definition) is 1. The van der Waals surface area contributed by atoms with Crippen molar-refractivity contribution in [2.45, 2.75) is 0 Å². The lowest BCUT2D eigenvalue weighted by atomic mass is 9.99. The summed E-state index contributed by atoms with van der Waals surface area (Å²) in [6.07, 6.45) is 2.53. The molecule has 0 aliphatic heterocycles. The molecule has 0 unspecified atom stereocenters. The van der Waals surface area contributed by atoms with Gasteiger partial charge in [0.2, 0.25) is 0 Å². The maximum absolute atomic E-state index is 12.5. The Kier molecular flexibility index (Phi) is 4.14. The van der Waals surface area contributed by atoms with E-state index in [0.29, 0.717) is 11.3 Å². The summed E-state index contributed by atoms with van der Waals surface area (Å²) in [5, 5.41) is 9.10. The molecular formula is C14H10BrNO4. The van der Waals surface area contributed by atoms with Crippen molar-refractivity contribution in [1.29, 1.82) is 0 Å².